The van der Waals surface area contributed by atoms with Gasteiger partial charge in [0.25, 0.3) is 0 Å². The second-order valence-corrected chi connectivity index (χ2v) is 3.45. The van der Waals surface area contributed by atoms with E-state index in [1.54, 1.807) is 6.26 Å². The Morgan fingerprint density at radius 2 is 2.31 bits per heavy atom. The molecule has 0 saturated heterocycles. The summed E-state index contributed by atoms with van der Waals surface area (Å²) >= 11 is 0. The molecule has 5 heteroatoms. The van der Waals surface area contributed by atoms with E-state index >= 15 is 0 Å². The number of aromatic nitrogens is 2. The fourth-order valence-electron chi connectivity index (χ4n) is 1.44. The van der Waals surface area contributed by atoms with Crippen LogP contribution in [0.2, 0.25) is 0 Å². The Labute approximate surface area is 101 Å². The summed E-state index contributed by atoms with van der Waals surface area (Å²) in [5, 5.41) is 7.64. The molecule has 0 spiro atoms. The van der Waals surface area contributed by atoms with Crippen LogP contribution in [0.15, 0.2) is 29.0 Å². The van der Waals surface area contributed by atoms with Gasteiger partial charge in [-0.1, -0.05) is 0 Å². The van der Waals surface area contributed by atoms with E-state index in [0.29, 0.717) is 6.54 Å². The summed E-state index contributed by atoms with van der Waals surface area (Å²) in [7, 11) is 0. The largest absolute Gasteiger partial charge is 0.467 e. The molecule has 0 aliphatic heterocycles. The number of nitrogens with one attached hydrogen (secondary N) is 1. The van der Waals surface area contributed by atoms with Gasteiger partial charge in [-0.15, -0.1) is 12.4 Å². The quantitative estimate of drug-likeness (QED) is 0.895. The fourth-order valence-corrected chi connectivity index (χ4v) is 1.44. The normalized spacial score (nSPS) is 9.88. The molecule has 0 unspecified atom stereocenters. The van der Waals surface area contributed by atoms with E-state index in [4.69, 9.17) is 4.42 Å². The number of nitrogens with zero attached hydrogens (tertiary/aromatic N) is 2. The lowest BCUT2D eigenvalue weighted by Crippen LogP contribution is -2.01. The maximum Gasteiger partial charge on any atom is 0.151 e. The van der Waals surface area contributed by atoms with Gasteiger partial charge >= 0.3 is 0 Å². The summed E-state index contributed by atoms with van der Waals surface area (Å²) in [6.45, 7) is 5.68. The van der Waals surface area contributed by atoms with E-state index in [9.17, 15) is 0 Å². The van der Waals surface area contributed by atoms with Crippen molar-refractivity contribution in [3.8, 4) is 0 Å². The molecule has 88 valence electrons. The molecule has 1 N–H and O–H groups in total. The van der Waals surface area contributed by atoms with Crippen molar-refractivity contribution in [2.45, 2.75) is 26.9 Å². The summed E-state index contributed by atoms with van der Waals surface area (Å²) in [6.07, 6.45) is 3.71. The highest BCUT2D eigenvalue weighted by Crippen LogP contribution is 2.12. The minimum atomic E-state index is 0. The average Bonchev–Trinajstić information content (AvgIpc) is 2.84. The predicted molar refractivity (Wildman–Crippen MR) is 65.9 cm³/mol. The Balaban J connectivity index is 0.00000128. The second-order valence-electron chi connectivity index (χ2n) is 3.45. The molecular formula is C11H16ClN3O. The summed E-state index contributed by atoms with van der Waals surface area (Å²) < 4.78 is 7.15. The Kier molecular flexibility index (Phi) is 4.43. The molecule has 0 aliphatic rings. The summed E-state index contributed by atoms with van der Waals surface area (Å²) in [5.41, 5.74) is 1.16. The molecule has 0 saturated carbocycles. The first-order valence-corrected chi connectivity index (χ1v) is 5.10. The highest BCUT2D eigenvalue weighted by molar-refractivity contribution is 5.85. The molecular weight excluding hydrogens is 226 g/mol. The van der Waals surface area contributed by atoms with Crippen LogP contribution >= 0.6 is 12.4 Å². The molecule has 2 heterocycles. The van der Waals surface area contributed by atoms with Crippen LogP contribution in [0, 0.1) is 6.92 Å². The number of furan rings is 1. The van der Waals surface area contributed by atoms with E-state index in [2.05, 4.69) is 17.3 Å². The molecule has 0 aromatic carbocycles. The topological polar surface area (TPSA) is 43.0 Å². The van der Waals surface area contributed by atoms with Gasteiger partial charge in [0.05, 0.1) is 12.8 Å². The van der Waals surface area contributed by atoms with Gasteiger partial charge in [-0.25, -0.2) is 0 Å². The van der Waals surface area contributed by atoms with Crippen molar-refractivity contribution in [3.63, 3.8) is 0 Å². The first kappa shape index (κ1) is 12.6. The van der Waals surface area contributed by atoms with Crippen molar-refractivity contribution >= 4 is 18.2 Å². The van der Waals surface area contributed by atoms with Gasteiger partial charge in [-0.2, -0.15) is 5.10 Å². The molecule has 2 aromatic rings. The molecule has 0 amide bonds. The van der Waals surface area contributed by atoms with Crippen molar-refractivity contribution in [2.24, 2.45) is 0 Å². The molecule has 0 bridgehead atoms. The van der Waals surface area contributed by atoms with Crippen molar-refractivity contribution in [3.05, 3.63) is 35.9 Å². The molecule has 0 atom stereocenters. The lowest BCUT2D eigenvalue weighted by Gasteiger charge is -2.00. The van der Waals surface area contributed by atoms with Crippen LogP contribution in [0.1, 0.15) is 18.2 Å². The number of aryl methyl sites for hydroxylation is 2. The van der Waals surface area contributed by atoms with Crippen LogP contribution in [0.3, 0.4) is 0 Å². The zero-order chi connectivity index (χ0) is 10.7. The number of anilines is 1. The molecule has 16 heavy (non-hydrogen) atoms. The van der Waals surface area contributed by atoms with E-state index < -0.39 is 0 Å². The van der Waals surface area contributed by atoms with E-state index in [-0.39, 0.29) is 12.4 Å². The van der Waals surface area contributed by atoms with Crippen molar-refractivity contribution in [1.29, 1.82) is 0 Å². The lowest BCUT2D eigenvalue weighted by molar-refractivity contribution is 0.517. The van der Waals surface area contributed by atoms with Crippen LogP contribution in [0.4, 0.5) is 5.82 Å². The highest BCUT2D eigenvalue weighted by Gasteiger charge is 2.04. The molecule has 0 radical (unpaired) electrons. The molecule has 0 fully saturated rings. The van der Waals surface area contributed by atoms with Crippen LogP contribution in [0.25, 0.3) is 0 Å². The monoisotopic (exact) mass is 241 g/mol. The van der Waals surface area contributed by atoms with Gasteiger partial charge in [-0.3, -0.25) is 4.68 Å². The van der Waals surface area contributed by atoms with Gasteiger partial charge in [0.1, 0.15) is 5.76 Å². The van der Waals surface area contributed by atoms with E-state index in [0.717, 1.165) is 23.7 Å². The number of hydrogen-bond acceptors (Lipinski definition) is 3. The van der Waals surface area contributed by atoms with Crippen LogP contribution in [0.5, 0.6) is 0 Å². The Morgan fingerprint density at radius 1 is 1.50 bits per heavy atom. The van der Waals surface area contributed by atoms with Gasteiger partial charge < -0.3 is 9.73 Å². The van der Waals surface area contributed by atoms with Crippen LogP contribution < -0.4 is 5.32 Å². The molecule has 0 aliphatic carbocycles. The predicted octanol–water partition coefficient (Wildman–Crippen LogP) is 2.84. The van der Waals surface area contributed by atoms with Crippen molar-refractivity contribution in [1.82, 2.24) is 9.78 Å². The minimum absolute atomic E-state index is 0. The van der Waals surface area contributed by atoms with Crippen LogP contribution in [-0.4, -0.2) is 9.78 Å². The Hall–Kier alpha value is -1.42. The van der Waals surface area contributed by atoms with Gasteiger partial charge in [0.2, 0.25) is 0 Å². The third-order valence-electron chi connectivity index (χ3n) is 2.28. The maximum absolute atomic E-state index is 5.23. The van der Waals surface area contributed by atoms with Gasteiger partial charge in [-0.05, 0) is 26.0 Å². The molecule has 4 nitrogen and oxygen atoms in total. The molecule has 2 rings (SSSR count). The van der Waals surface area contributed by atoms with E-state index in [1.807, 2.05) is 29.9 Å². The zero-order valence-electron chi connectivity index (χ0n) is 9.43. The van der Waals surface area contributed by atoms with Gasteiger partial charge in [0.15, 0.2) is 5.82 Å². The standard InChI is InChI=1S/C11H15N3O.ClH/c1-3-14-8-9(2)11(13-14)12-7-10-5-4-6-15-10;/h4-6,8H,3,7H2,1-2H3,(H,12,13);1H. The zero-order valence-corrected chi connectivity index (χ0v) is 10.3. The van der Waals surface area contributed by atoms with Crippen molar-refractivity contribution < 1.29 is 4.42 Å². The first-order chi connectivity index (χ1) is 7.29. The SMILES string of the molecule is CCn1cc(C)c(NCc2ccco2)n1.Cl. The Morgan fingerprint density at radius 3 is 2.88 bits per heavy atom. The third kappa shape index (κ3) is 2.79. The minimum Gasteiger partial charge on any atom is -0.467 e. The maximum atomic E-state index is 5.23. The average molecular weight is 242 g/mol. The second kappa shape index (κ2) is 5.61. The number of rotatable bonds is 4. The Bertz CT molecular complexity index is 422. The smallest absolute Gasteiger partial charge is 0.151 e. The summed E-state index contributed by atoms with van der Waals surface area (Å²) in [4.78, 5) is 0. The molecule has 2 aromatic heterocycles. The summed E-state index contributed by atoms with van der Waals surface area (Å²) in [6, 6.07) is 3.83. The summed E-state index contributed by atoms with van der Waals surface area (Å²) in [5.74, 6) is 1.84. The third-order valence-corrected chi connectivity index (χ3v) is 2.28. The fraction of sp³-hybridized carbons (Fsp3) is 0.364. The van der Waals surface area contributed by atoms with E-state index in [1.165, 1.54) is 0 Å². The van der Waals surface area contributed by atoms with Crippen molar-refractivity contribution in [2.75, 3.05) is 5.32 Å². The first-order valence-electron chi connectivity index (χ1n) is 5.10. The van der Waals surface area contributed by atoms with Gasteiger partial charge in [0, 0.05) is 18.3 Å². The number of halogens is 1. The lowest BCUT2D eigenvalue weighted by atomic mass is 10.3. The highest BCUT2D eigenvalue weighted by atomic mass is 35.5. The van der Waals surface area contributed by atoms with Crippen LogP contribution in [-0.2, 0) is 13.1 Å². The number of hydrogen-bond donors (Lipinski definition) is 1.